The smallest absolute Gasteiger partial charge is 0.303 e. The summed E-state index contributed by atoms with van der Waals surface area (Å²) in [4.78, 5) is 24.1. The van der Waals surface area contributed by atoms with Gasteiger partial charge in [-0.05, 0) is 54.2 Å². The first-order chi connectivity index (χ1) is 17.1. The van der Waals surface area contributed by atoms with Gasteiger partial charge in [0.1, 0.15) is 0 Å². The van der Waals surface area contributed by atoms with Crippen molar-refractivity contribution in [3.63, 3.8) is 0 Å². The van der Waals surface area contributed by atoms with E-state index >= 15 is 0 Å². The Kier molecular flexibility index (Phi) is 6.66. The zero-order valence-electron chi connectivity index (χ0n) is 19.7. The van der Waals surface area contributed by atoms with Crippen LogP contribution in [-0.2, 0) is 16.0 Å². The Morgan fingerprint density at radius 2 is 1.54 bits per heavy atom. The Balaban J connectivity index is 1.59. The number of nitrogens with zero attached hydrogens (tertiary/aromatic N) is 1. The number of carbonyl (C=O) groups is 2. The molecule has 0 aliphatic heterocycles. The molecule has 0 spiro atoms. The van der Waals surface area contributed by atoms with E-state index in [1.54, 1.807) is 0 Å². The van der Waals surface area contributed by atoms with Crippen LogP contribution in [0.4, 0.5) is 5.69 Å². The maximum Gasteiger partial charge on any atom is 0.303 e. The van der Waals surface area contributed by atoms with Gasteiger partial charge in [0.25, 0.3) is 0 Å². The van der Waals surface area contributed by atoms with E-state index in [9.17, 15) is 14.7 Å². The number of carbonyl (C=O) groups excluding carboxylic acids is 1. The number of fused-ring (bicyclic) bond motifs is 1. The minimum atomic E-state index is -0.820. The first-order valence-corrected chi connectivity index (χ1v) is 12.4. The van der Waals surface area contributed by atoms with E-state index in [2.05, 4.69) is 40.3 Å². The molecule has 1 aliphatic rings. The van der Waals surface area contributed by atoms with Crippen LogP contribution in [0.3, 0.4) is 0 Å². The van der Waals surface area contributed by atoms with Gasteiger partial charge in [0.15, 0.2) is 0 Å². The minimum absolute atomic E-state index is 0.0547. The molecule has 0 unspecified atom stereocenters. The van der Waals surface area contributed by atoms with Crippen LogP contribution >= 0.6 is 0 Å². The fourth-order valence-corrected chi connectivity index (χ4v) is 5.27. The van der Waals surface area contributed by atoms with Crippen molar-refractivity contribution in [3.8, 4) is 0 Å². The largest absolute Gasteiger partial charge is 0.481 e. The molecule has 1 amide bonds. The van der Waals surface area contributed by atoms with Gasteiger partial charge in [-0.3, -0.25) is 9.59 Å². The van der Waals surface area contributed by atoms with E-state index in [4.69, 9.17) is 0 Å². The fraction of sp³-hybridized carbons (Fsp3) is 0.267. The molecule has 0 bridgehead atoms. The number of amides is 1. The number of carboxylic acids is 1. The summed E-state index contributed by atoms with van der Waals surface area (Å²) in [7, 11) is 0. The van der Waals surface area contributed by atoms with Crippen molar-refractivity contribution in [3.05, 3.63) is 102 Å². The second-order valence-electron chi connectivity index (χ2n) is 9.38. The summed E-state index contributed by atoms with van der Waals surface area (Å²) in [5.74, 6) is -0.651. The predicted octanol–water partition coefficient (Wildman–Crippen LogP) is 6.42. The normalized spacial score (nSPS) is 14.0. The summed E-state index contributed by atoms with van der Waals surface area (Å²) in [5.41, 5.74) is 5.05. The summed E-state index contributed by atoms with van der Waals surface area (Å²) in [6.45, 7) is 0. The molecule has 5 nitrogen and oxygen atoms in total. The molecule has 0 radical (unpaired) electrons. The molecular formula is C30H30N2O3. The lowest BCUT2D eigenvalue weighted by molar-refractivity contribution is -0.137. The van der Waals surface area contributed by atoms with Gasteiger partial charge in [-0.15, -0.1) is 0 Å². The summed E-state index contributed by atoms with van der Waals surface area (Å²) in [6, 6.07) is 26.6. The second-order valence-corrected chi connectivity index (χ2v) is 9.38. The van der Waals surface area contributed by atoms with E-state index in [0.717, 1.165) is 59.0 Å². The third kappa shape index (κ3) is 4.99. The van der Waals surface area contributed by atoms with Crippen molar-refractivity contribution in [2.45, 2.75) is 44.6 Å². The summed E-state index contributed by atoms with van der Waals surface area (Å²) in [6.07, 6.45) is 6.68. The van der Waals surface area contributed by atoms with E-state index < -0.39 is 5.97 Å². The van der Waals surface area contributed by atoms with Gasteiger partial charge in [0, 0.05) is 35.1 Å². The third-order valence-corrected chi connectivity index (χ3v) is 7.03. The number of benzene rings is 3. The Morgan fingerprint density at radius 1 is 0.914 bits per heavy atom. The molecule has 1 fully saturated rings. The lowest BCUT2D eigenvalue weighted by Crippen LogP contribution is -2.20. The van der Waals surface area contributed by atoms with Crippen LogP contribution in [-0.4, -0.2) is 21.6 Å². The molecule has 4 aromatic rings. The van der Waals surface area contributed by atoms with Gasteiger partial charge >= 0.3 is 5.97 Å². The topological polar surface area (TPSA) is 71.3 Å². The number of nitrogens with one attached hydrogen (secondary N) is 1. The quantitative estimate of drug-likeness (QED) is 0.315. The van der Waals surface area contributed by atoms with Crippen molar-refractivity contribution in [2.75, 3.05) is 5.32 Å². The average Bonchev–Trinajstić information content (AvgIpc) is 3.53. The minimum Gasteiger partial charge on any atom is -0.481 e. The van der Waals surface area contributed by atoms with Crippen molar-refractivity contribution in [2.24, 2.45) is 5.92 Å². The number of aliphatic carboxylic acids is 1. The van der Waals surface area contributed by atoms with E-state index in [1.165, 1.54) is 0 Å². The van der Waals surface area contributed by atoms with Crippen LogP contribution in [0.15, 0.2) is 85.1 Å². The molecule has 2 N–H and O–H groups in total. The SMILES string of the molecule is O=C(O)CCc1cn(C(c2ccccc2)c2ccccc2)c2ccc(NC(=O)C3CCCC3)cc12. The molecular weight excluding hydrogens is 436 g/mol. The standard InChI is InChI=1S/C30H30N2O3/c33-28(34)18-15-24-20-32(29(21-9-3-1-4-10-21)22-11-5-2-6-12-22)27-17-16-25(19-26(24)27)31-30(35)23-13-7-8-14-23/h1-6,9-12,16-17,19-20,23,29H,7-8,13-15,18H2,(H,31,35)(H,33,34). The number of anilines is 1. The Labute approximate surface area is 205 Å². The molecule has 3 aromatic carbocycles. The van der Waals surface area contributed by atoms with E-state index in [0.29, 0.717) is 6.42 Å². The van der Waals surface area contributed by atoms with Crippen LogP contribution in [0.1, 0.15) is 54.8 Å². The highest BCUT2D eigenvalue weighted by molar-refractivity contribution is 5.96. The molecule has 1 aliphatic carbocycles. The number of aryl methyl sites for hydroxylation is 1. The highest BCUT2D eigenvalue weighted by atomic mass is 16.4. The van der Waals surface area contributed by atoms with Crippen molar-refractivity contribution in [1.82, 2.24) is 4.57 Å². The van der Waals surface area contributed by atoms with Gasteiger partial charge in [-0.2, -0.15) is 0 Å². The first kappa shape index (κ1) is 22.9. The van der Waals surface area contributed by atoms with Crippen LogP contribution in [0.25, 0.3) is 10.9 Å². The maximum absolute atomic E-state index is 12.7. The van der Waals surface area contributed by atoms with Gasteiger partial charge in [-0.25, -0.2) is 0 Å². The monoisotopic (exact) mass is 466 g/mol. The van der Waals surface area contributed by atoms with Crippen LogP contribution in [0.2, 0.25) is 0 Å². The molecule has 0 atom stereocenters. The Morgan fingerprint density at radius 3 is 2.14 bits per heavy atom. The molecule has 178 valence electrons. The number of carboxylic acid groups (broad SMARTS) is 1. The van der Waals surface area contributed by atoms with Crippen LogP contribution in [0.5, 0.6) is 0 Å². The fourth-order valence-electron chi connectivity index (χ4n) is 5.27. The predicted molar refractivity (Wildman–Crippen MR) is 139 cm³/mol. The van der Waals surface area contributed by atoms with Crippen molar-refractivity contribution >= 4 is 28.5 Å². The maximum atomic E-state index is 12.7. The molecule has 1 saturated carbocycles. The van der Waals surface area contributed by atoms with E-state index in [-0.39, 0.29) is 24.3 Å². The van der Waals surface area contributed by atoms with Crippen LogP contribution in [0, 0.1) is 5.92 Å². The molecule has 1 heterocycles. The van der Waals surface area contributed by atoms with Crippen LogP contribution < -0.4 is 5.32 Å². The Hall–Kier alpha value is -3.86. The highest BCUT2D eigenvalue weighted by Gasteiger charge is 2.24. The van der Waals surface area contributed by atoms with Gasteiger partial charge in [0.2, 0.25) is 5.91 Å². The highest BCUT2D eigenvalue weighted by Crippen LogP contribution is 2.35. The molecule has 0 saturated heterocycles. The third-order valence-electron chi connectivity index (χ3n) is 7.03. The molecule has 35 heavy (non-hydrogen) atoms. The second kappa shape index (κ2) is 10.2. The number of hydrogen-bond donors (Lipinski definition) is 2. The van der Waals surface area contributed by atoms with E-state index in [1.807, 2.05) is 54.6 Å². The summed E-state index contributed by atoms with van der Waals surface area (Å²) < 4.78 is 2.24. The van der Waals surface area contributed by atoms with Crippen molar-refractivity contribution < 1.29 is 14.7 Å². The number of hydrogen-bond acceptors (Lipinski definition) is 2. The van der Waals surface area contributed by atoms with Crippen molar-refractivity contribution in [1.29, 1.82) is 0 Å². The lowest BCUT2D eigenvalue weighted by Gasteiger charge is -2.22. The lowest BCUT2D eigenvalue weighted by atomic mass is 9.98. The zero-order valence-corrected chi connectivity index (χ0v) is 19.7. The molecule has 5 heteroatoms. The number of aromatic nitrogens is 1. The van der Waals surface area contributed by atoms with Gasteiger partial charge < -0.3 is 15.0 Å². The Bertz CT molecular complexity index is 1280. The van der Waals surface area contributed by atoms with Gasteiger partial charge in [-0.1, -0.05) is 73.5 Å². The average molecular weight is 467 g/mol. The number of rotatable bonds is 8. The summed E-state index contributed by atoms with van der Waals surface area (Å²) >= 11 is 0. The zero-order chi connectivity index (χ0) is 24.2. The summed E-state index contributed by atoms with van der Waals surface area (Å²) in [5, 5.41) is 13.4. The molecule has 1 aromatic heterocycles. The molecule has 5 rings (SSSR count). The first-order valence-electron chi connectivity index (χ1n) is 12.4. The van der Waals surface area contributed by atoms with Gasteiger partial charge in [0.05, 0.1) is 6.04 Å².